The van der Waals surface area contributed by atoms with E-state index >= 15 is 0 Å². The van der Waals surface area contributed by atoms with E-state index in [9.17, 15) is 4.79 Å². The number of hydrogen-bond acceptors (Lipinski definition) is 1. The summed E-state index contributed by atoms with van der Waals surface area (Å²) in [6.45, 7) is 0. The van der Waals surface area contributed by atoms with Crippen LogP contribution < -0.4 is 0 Å². The van der Waals surface area contributed by atoms with Crippen LogP contribution in [0.5, 0.6) is 0 Å². The van der Waals surface area contributed by atoms with Crippen LogP contribution in [-0.4, -0.2) is 5.78 Å². The molecule has 0 saturated carbocycles. The van der Waals surface area contributed by atoms with E-state index in [1.165, 1.54) is 0 Å². The van der Waals surface area contributed by atoms with Gasteiger partial charge < -0.3 is 0 Å². The van der Waals surface area contributed by atoms with E-state index in [0.29, 0.717) is 15.6 Å². The van der Waals surface area contributed by atoms with Crippen LogP contribution in [0.25, 0.3) is 16.8 Å². The molecule has 3 aromatic rings. The Bertz CT molecular complexity index is 876. The van der Waals surface area contributed by atoms with Crippen molar-refractivity contribution < 1.29 is 4.79 Å². The summed E-state index contributed by atoms with van der Waals surface area (Å²) >= 11 is 11.9. The Hall–Kier alpha value is -2.09. The van der Waals surface area contributed by atoms with Gasteiger partial charge in [0.25, 0.3) is 0 Å². The first-order valence-corrected chi connectivity index (χ1v) is 7.56. The van der Waals surface area contributed by atoms with E-state index in [1.807, 2.05) is 48.5 Å². The van der Waals surface area contributed by atoms with Gasteiger partial charge in [0, 0.05) is 5.56 Å². The van der Waals surface area contributed by atoms with Crippen molar-refractivity contribution in [2.24, 2.45) is 0 Å². The predicted octanol–water partition coefficient (Wildman–Crippen LogP) is 6.04. The normalized spacial score (nSPS) is 11.2. The average molecular weight is 327 g/mol. The first-order valence-electron chi connectivity index (χ1n) is 6.80. The molecule has 0 aliphatic heterocycles. The van der Waals surface area contributed by atoms with Gasteiger partial charge in [-0.15, -0.1) is 0 Å². The zero-order chi connectivity index (χ0) is 15.5. The molecule has 0 aromatic heterocycles. The van der Waals surface area contributed by atoms with E-state index in [0.717, 1.165) is 16.3 Å². The smallest absolute Gasteiger partial charge is 0.186 e. The molecule has 0 heterocycles. The Morgan fingerprint density at radius 1 is 0.864 bits per heavy atom. The molecule has 3 rings (SSSR count). The summed E-state index contributed by atoms with van der Waals surface area (Å²) in [6, 6.07) is 18.8. The second-order valence-electron chi connectivity index (χ2n) is 4.90. The maximum atomic E-state index is 12.4. The Kier molecular flexibility index (Phi) is 4.28. The quantitative estimate of drug-likeness (QED) is 0.423. The predicted molar refractivity (Wildman–Crippen MR) is 93.8 cm³/mol. The Morgan fingerprint density at radius 2 is 1.64 bits per heavy atom. The van der Waals surface area contributed by atoms with Gasteiger partial charge in [-0.2, -0.15) is 0 Å². The minimum absolute atomic E-state index is 0.0390. The van der Waals surface area contributed by atoms with Crippen LogP contribution in [0.3, 0.4) is 0 Å². The van der Waals surface area contributed by atoms with Crippen LogP contribution in [0.2, 0.25) is 10.0 Å². The van der Waals surface area contributed by atoms with Crippen molar-refractivity contribution in [1.82, 2.24) is 0 Å². The fraction of sp³-hybridized carbons (Fsp3) is 0. The molecule has 0 spiro atoms. The molecule has 0 aliphatic carbocycles. The van der Waals surface area contributed by atoms with Crippen molar-refractivity contribution in [3.63, 3.8) is 0 Å². The van der Waals surface area contributed by atoms with Gasteiger partial charge in [0.1, 0.15) is 0 Å². The molecule has 0 bridgehead atoms. The third-order valence-electron chi connectivity index (χ3n) is 3.43. The van der Waals surface area contributed by atoms with Gasteiger partial charge in [0.05, 0.1) is 10.0 Å². The van der Waals surface area contributed by atoms with Crippen LogP contribution in [0.1, 0.15) is 15.9 Å². The van der Waals surface area contributed by atoms with E-state index in [-0.39, 0.29) is 5.78 Å². The summed E-state index contributed by atoms with van der Waals surface area (Å²) in [5, 5.41) is 2.98. The molecule has 0 N–H and O–H groups in total. The molecule has 0 aliphatic rings. The topological polar surface area (TPSA) is 17.1 Å². The van der Waals surface area contributed by atoms with Crippen LogP contribution in [0.15, 0.2) is 66.7 Å². The second kappa shape index (κ2) is 6.35. The highest BCUT2D eigenvalue weighted by Gasteiger charge is 2.06. The Morgan fingerprint density at radius 3 is 2.45 bits per heavy atom. The lowest BCUT2D eigenvalue weighted by Gasteiger charge is -2.03. The first kappa shape index (κ1) is 14.8. The fourth-order valence-electron chi connectivity index (χ4n) is 2.32. The number of carbonyl (C=O) groups excluding carboxylic acids is 1. The highest BCUT2D eigenvalue weighted by molar-refractivity contribution is 6.42. The van der Waals surface area contributed by atoms with Crippen LogP contribution >= 0.6 is 23.2 Å². The van der Waals surface area contributed by atoms with E-state index in [4.69, 9.17) is 23.2 Å². The number of benzene rings is 3. The van der Waals surface area contributed by atoms with E-state index in [1.54, 1.807) is 24.3 Å². The molecule has 1 nitrogen and oxygen atoms in total. The zero-order valence-electron chi connectivity index (χ0n) is 11.6. The van der Waals surface area contributed by atoms with Crippen LogP contribution in [0.4, 0.5) is 0 Å². The molecule has 3 aromatic carbocycles. The monoisotopic (exact) mass is 326 g/mol. The van der Waals surface area contributed by atoms with Crippen molar-refractivity contribution >= 4 is 45.8 Å². The van der Waals surface area contributed by atoms with Crippen LogP contribution in [-0.2, 0) is 0 Å². The summed E-state index contributed by atoms with van der Waals surface area (Å²) < 4.78 is 0. The lowest BCUT2D eigenvalue weighted by Crippen LogP contribution is -1.95. The van der Waals surface area contributed by atoms with Gasteiger partial charge in [0.2, 0.25) is 0 Å². The second-order valence-corrected chi connectivity index (χ2v) is 5.71. The lowest BCUT2D eigenvalue weighted by atomic mass is 10.0. The number of halogens is 2. The molecule has 0 fully saturated rings. The van der Waals surface area contributed by atoms with Gasteiger partial charge in [-0.05, 0) is 34.5 Å². The molecular weight excluding hydrogens is 315 g/mol. The standard InChI is InChI=1S/C19H12Cl2O/c20-17-10-8-13(12-18(17)21)9-11-19(22)16-7-3-5-14-4-1-2-6-15(14)16/h1-12H/b11-9-. The first-order chi connectivity index (χ1) is 10.6. The van der Waals surface area contributed by atoms with Crippen LogP contribution in [0, 0.1) is 0 Å². The Labute approximate surface area is 138 Å². The van der Waals surface area contributed by atoms with E-state index in [2.05, 4.69) is 0 Å². The molecule has 0 amide bonds. The highest BCUT2D eigenvalue weighted by Crippen LogP contribution is 2.24. The zero-order valence-corrected chi connectivity index (χ0v) is 13.1. The number of carbonyl (C=O) groups is 1. The minimum atomic E-state index is -0.0390. The largest absolute Gasteiger partial charge is 0.289 e. The fourth-order valence-corrected chi connectivity index (χ4v) is 2.62. The molecule has 108 valence electrons. The van der Waals surface area contributed by atoms with Crippen molar-refractivity contribution in [2.75, 3.05) is 0 Å². The summed E-state index contributed by atoms with van der Waals surface area (Å²) in [5.74, 6) is -0.0390. The summed E-state index contributed by atoms with van der Waals surface area (Å²) in [6.07, 6.45) is 3.30. The lowest BCUT2D eigenvalue weighted by molar-refractivity contribution is 0.104. The number of hydrogen-bond donors (Lipinski definition) is 0. The SMILES string of the molecule is O=C(/C=C\c1ccc(Cl)c(Cl)c1)c1cccc2ccccc12. The number of rotatable bonds is 3. The highest BCUT2D eigenvalue weighted by atomic mass is 35.5. The third-order valence-corrected chi connectivity index (χ3v) is 4.16. The van der Waals surface area contributed by atoms with Crippen molar-refractivity contribution in [2.45, 2.75) is 0 Å². The van der Waals surface area contributed by atoms with Crippen molar-refractivity contribution in [3.8, 4) is 0 Å². The summed E-state index contributed by atoms with van der Waals surface area (Å²) in [4.78, 5) is 12.4. The van der Waals surface area contributed by atoms with Crippen molar-refractivity contribution in [3.05, 3.63) is 87.9 Å². The maximum Gasteiger partial charge on any atom is 0.186 e. The minimum Gasteiger partial charge on any atom is -0.289 e. The van der Waals surface area contributed by atoms with E-state index < -0.39 is 0 Å². The van der Waals surface area contributed by atoms with Crippen molar-refractivity contribution in [1.29, 1.82) is 0 Å². The van der Waals surface area contributed by atoms with Gasteiger partial charge in [-0.1, -0.05) is 77.8 Å². The molecule has 22 heavy (non-hydrogen) atoms. The molecule has 0 saturated heterocycles. The average Bonchev–Trinajstić information content (AvgIpc) is 2.55. The maximum absolute atomic E-state index is 12.4. The van der Waals surface area contributed by atoms with Gasteiger partial charge in [-0.3, -0.25) is 4.79 Å². The molecule has 0 unspecified atom stereocenters. The Balaban J connectivity index is 1.93. The van der Waals surface area contributed by atoms with Gasteiger partial charge in [-0.25, -0.2) is 0 Å². The van der Waals surface area contributed by atoms with Gasteiger partial charge >= 0.3 is 0 Å². The number of ketones is 1. The number of fused-ring (bicyclic) bond motifs is 1. The van der Waals surface area contributed by atoms with Gasteiger partial charge in [0.15, 0.2) is 5.78 Å². The summed E-state index contributed by atoms with van der Waals surface area (Å²) in [5.41, 5.74) is 1.53. The third kappa shape index (κ3) is 3.06. The number of allylic oxidation sites excluding steroid dienone is 1. The summed E-state index contributed by atoms with van der Waals surface area (Å²) in [7, 11) is 0. The molecule has 0 atom stereocenters. The molecular formula is C19H12Cl2O. The molecule has 0 radical (unpaired) electrons. The molecule has 3 heteroatoms.